The van der Waals surface area contributed by atoms with Crippen LogP contribution in [0.5, 0.6) is 0 Å². The van der Waals surface area contributed by atoms with Gasteiger partial charge in [0.15, 0.2) is 5.78 Å². The van der Waals surface area contributed by atoms with Crippen LogP contribution in [0.4, 0.5) is 24.5 Å². The highest BCUT2D eigenvalue weighted by molar-refractivity contribution is 6.07. The molecular formula is C17H11F3N2O4. The molecule has 1 N–H and O–H groups in total. The predicted molar refractivity (Wildman–Crippen MR) is 87.6 cm³/mol. The number of allylic oxidation sites excluding steroid dienone is 1. The van der Waals surface area contributed by atoms with E-state index in [1.807, 2.05) is 0 Å². The molecule has 134 valence electrons. The summed E-state index contributed by atoms with van der Waals surface area (Å²) in [5.41, 5.74) is 0.138. The number of carbonyl (C=O) groups is 2. The van der Waals surface area contributed by atoms with Crippen molar-refractivity contribution in [2.75, 3.05) is 5.32 Å². The van der Waals surface area contributed by atoms with Crippen LogP contribution in [0, 0.1) is 10.1 Å². The molecule has 9 heteroatoms. The first-order chi connectivity index (χ1) is 12.2. The zero-order valence-corrected chi connectivity index (χ0v) is 13.0. The lowest BCUT2D eigenvalue weighted by atomic mass is 10.1. The van der Waals surface area contributed by atoms with Crippen molar-refractivity contribution in [3.05, 3.63) is 75.8 Å². The maximum Gasteiger partial charge on any atom is 0.471 e. The molecule has 2 rings (SSSR count). The van der Waals surface area contributed by atoms with E-state index in [4.69, 9.17) is 0 Å². The summed E-state index contributed by atoms with van der Waals surface area (Å²) in [6.45, 7) is 0. The predicted octanol–water partition coefficient (Wildman–Crippen LogP) is 3.99. The second-order valence-corrected chi connectivity index (χ2v) is 5.08. The van der Waals surface area contributed by atoms with Crippen molar-refractivity contribution in [3.8, 4) is 0 Å². The van der Waals surface area contributed by atoms with Gasteiger partial charge in [-0.05, 0) is 23.8 Å². The number of anilines is 1. The van der Waals surface area contributed by atoms with E-state index < -0.39 is 22.8 Å². The number of hydrogen-bond acceptors (Lipinski definition) is 4. The number of benzene rings is 2. The molecule has 0 unspecified atom stereocenters. The third kappa shape index (κ3) is 5.00. The number of nitrogens with zero attached hydrogens (tertiary/aromatic N) is 1. The first-order valence-electron chi connectivity index (χ1n) is 7.12. The summed E-state index contributed by atoms with van der Waals surface area (Å²) >= 11 is 0. The van der Waals surface area contributed by atoms with Crippen molar-refractivity contribution in [1.29, 1.82) is 0 Å². The third-order valence-electron chi connectivity index (χ3n) is 3.17. The lowest BCUT2D eigenvalue weighted by Crippen LogP contribution is -2.29. The Hall–Kier alpha value is -3.49. The first-order valence-corrected chi connectivity index (χ1v) is 7.12. The second-order valence-electron chi connectivity index (χ2n) is 5.08. The Labute approximate surface area is 145 Å². The van der Waals surface area contributed by atoms with Gasteiger partial charge in [-0.25, -0.2) is 0 Å². The van der Waals surface area contributed by atoms with E-state index in [9.17, 15) is 32.9 Å². The molecule has 0 aromatic heterocycles. The molecule has 0 saturated heterocycles. The molecule has 26 heavy (non-hydrogen) atoms. The van der Waals surface area contributed by atoms with Gasteiger partial charge in [-0.3, -0.25) is 19.7 Å². The smallest absolute Gasteiger partial charge is 0.318 e. The normalized spacial score (nSPS) is 11.3. The average Bonchev–Trinajstić information content (AvgIpc) is 2.59. The monoisotopic (exact) mass is 364 g/mol. The van der Waals surface area contributed by atoms with E-state index >= 15 is 0 Å². The fourth-order valence-corrected chi connectivity index (χ4v) is 1.96. The van der Waals surface area contributed by atoms with Crippen molar-refractivity contribution in [2.45, 2.75) is 6.18 Å². The van der Waals surface area contributed by atoms with Crippen molar-refractivity contribution >= 4 is 29.1 Å². The summed E-state index contributed by atoms with van der Waals surface area (Å²) in [4.78, 5) is 33.1. The third-order valence-corrected chi connectivity index (χ3v) is 3.17. The Morgan fingerprint density at radius 3 is 2.42 bits per heavy atom. The van der Waals surface area contributed by atoms with Crippen LogP contribution in [0.15, 0.2) is 54.6 Å². The lowest BCUT2D eigenvalue weighted by Gasteiger charge is -2.08. The summed E-state index contributed by atoms with van der Waals surface area (Å²) in [5, 5.41) is 12.4. The molecule has 2 aromatic rings. The molecule has 1 amide bonds. The largest absolute Gasteiger partial charge is 0.471 e. The number of alkyl halides is 3. The Morgan fingerprint density at radius 2 is 1.77 bits per heavy atom. The van der Waals surface area contributed by atoms with E-state index in [-0.39, 0.29) is 16.9 Å². The number of hydrogen-bond donors (Lipinski definition) is 1. The molecular weight excluding hydrogens is 353 g/mol. The molecule has 0 spiro atoms. The molecule has 0 aliphatic heterocycles. The zero-order valence-electron chi connectivity index (χ0n) is 13.0. The second kappa shape index (κ2) is 7.60. The molecule has 0 radical (unpaired) electrons. The molecule has 0 atom stereocenters. The summed E-state index contributed by atoms with van der Waals surface area (Å²) < 4.78 is 36.7. The van der Waals surface area contributed by atoms with Gasteiger partial charge in [-0.15, -0.1) is 0 Å². The number of ketones is 1. The highest BCUT2D eigenvalue weighted by Crippen LogP contribution is 2.20. The first kappa shape index (κ1) is 18.8. The van der Waals surface area contributed by atoms with E-state index in [1.165, 1.54) is 48.5 Å². The summed E-state index contributed by atoms with van der Waals surface area (Å²) in [6.07, 6.45) is -2.56. The number of carbonyl (C=O) groups excluding carboxylic acids is 2. The minimum atomic E-state index is -5.01. The molecule has 0 aliphatic carbocycles. The maximum absolute atomic E-state index is 12.2. The number of nitrogens with one attached hydrogen (secondary N) is 1. The van der Waals surface area contributed by atoms with Gasteiger partial charge in [0.05, 0.1) is 4.92 Å². The Bertz CT molecular complexity index is 892. The van der Waals surface area contributed by atoms with E-state index in [2.05, 4.69) is 0 Å². The van der Waals surface area contributed by atoms with Crippen molar-refractivity contribution in [2.24, 2.45) is 0 Å². The van der Waals surface area contributed by atoms with Gasteiger partial charge in [0.2, 0.25) is 0 Å². The number of rotatable bonds is 5. The molecule has 0 saturated carbocycles. The van der Waals surface area contributed by atoms with Crippen LogP contribution in [-0.4, -0.2) is 22.8 Å². The highest BCUT2D eigenvalue weighted by atomic mass is 19.4. The summed E-state index contributed by atoms with van der Waals surface area (Å²) in [6, 6.07) is 10.6. The molecule has 0 fully saturated rings. The van der Waals surface area contributed by atoms with Crippen LogP contribution in [0.3, 0.4) is 0 Å². The number of halogens is 3. The van der Waals surface area contributed by atoms with E-state index in [0.29, 0.717) is 5.56 Å². The fraction of sp³-hybridized carbons (Fsp3) is 0.0588. The Kier molecular flexibility index (Phi) is 5.51. The molecule has 0 bridgehead atoms. The lowest BCUT2D eigenvalue weighted by molar-refractivity contribution is -0.384. The minimum absolute atomic E-state index is 0.0859. The van der Waals surface area contributed by atoms with Crippen LogP contribution < -0.4 is 5.32 Å². The van der Waals surface area contributed by atoms with Gasteiger partial charge >= 0.3 is 12.1 Å². The number of amides is 1. The fourth-order valence-electron chi connectivity index (χ4n) is 1.96. The summed E-state index contributed by atoms with van der Waals surface area (Å²) in [5.74, 6) is -2.62. The molecule has 0 heterocycles. The van der Waals surface area contributed by atoms with Crippen molar-refractivity contribution < 1.29 is 27.7 Å². The number of nitro benzene ring substituents is 1. The van der Waals surface area contributed by atoms with Gasteiger partial charge in [0.1, 0.15) is 0 Å². The van der Waals surface area contributed by atoms with Gasteiger partial charge in [-0.2, -0.15) is 13.2 Å². The van der Waals surface area contributed by atoms with Gasteiger partial charge < -0.3 is 5.32 Å². The van der Waals surface area contributed by atoms with Gasteiger partial charge in [-0.1, -0.05) is 30.3 Å². The molecule has 2 aromatic carbocycles. The van der Waals surface area contributed by atoms with E-state index in [1.54, 1.807) is 5.32 Å². The van der Waals surface area contributed by atoms with Crippen LogP contribution in [-0.2, 0) is 4.79 Å². The Balaban J connectivity index is 2.14. The van der Waals surface area contributed by atoms with E-state index in [0.717, 1.165) is 12.1 Å². The standard InChI is InChI=1S/C17H11F3N2O4/c18-17(19,20)16(24)21-13-5-1-3-11(9-13)7-8-15(23)12-4-2-6-14(10-12)22(25)26/h1-10H,(H,21,24)/b8-7+. The molecule has 0 aliphatic rings. The van der Waals surface area contributed by atoms with Crippen LogP contribution >= 0.6 is 0 Å². The summed E-state index contributed by atoms with van der Waals surface area (Å²) in [7, 11) is 0. The average molecular weight is 364 g/mol. The van der Waals surface area contributed by atoms with Gasteiger partial charge in [0.25, 0.3) is 5.69 Å². The van der Waals surface area contributed by atoms with Crippen molar-refractivity contribution in [1.82, 2.24) is 0 Å². The van der Waals surface area contributed by atoms with Crippen LogP contribution in [0.25, 0.3) is 6.08 Å². The topological polar surface area (TPSA) is 89.3 Å². The number of nitro groups is 1. The van der Waals surface area contributed by atoms with Gasteiger partial charge in [0, 0.05) is 23.4 Å². The van der Waals surface area contributed by atoms with Crippen molar-refractivity contribution in [3.63, 3.8) is 0 Å². The van der Waals surface area contributed by atoms with Crippen LogP contribution in [0.2, 0.25) is 0 Å². The highest BCUT2D eigenvalue weighted by Gasteiger charge is 2.38. The molecule has 6 nitrogen and oxygen atoms in total. The zero-order chi connectivity index (χ0) is 19.3. The SMILES string of the molecule is O=C(/C=C/c1cccc(NC(=O)C(F)(F)F)c1)c1cccc([N+](=O)[O-])c1. The quantitative estimate of drug-likeness (QED) is 0.376. The number of non-ortho nitro benzene ring substituents is 1. The minimum Gasteiger partial charge on any atom is -0.318 e. The van der Waals surface area contributed by atoms with Crippen LogP contribution in [0.1, 0.15) is 15.9 Å². The Morgan fingerprint density at radius 1 is 1.08 bits per heavy atom. The maximum atomic E-state index is 12.2.